The van der Waals surface area contributed by atoms with Crippen molar-refractivity contribution in [1.29, 1.82) is 0 Å². The van der Waals surface area contributed by atoms with Crippen molar-refractivity contribution in [3.63, 3.8) is 0 Å². The minimum absolute atomic E-state index is 0.179. The lowest BCUT2D eigenvalue weighted by Crippen LogP contribution is -2.39. The molecule has 1 fully saturated rings. The molecule has 17 heavy (non-hydrogen) atoms. The summed E-state index contributed by atoms with van der Waals surface area (Å²) in [5.74, 6) is 1.30. The van der Waals surface area contributed by atoms with E-state index in [1.54, 1.807) is 0 Å². The van der Waals surface area contributed by atoms with Crippen LogP contribution in [0.25, 0.3) is 0 Å². The van der Waals surface area contributed by atoms with Crippen LogP contribution in [0.2, 0.25) is 0 Å². The molecule has 2 N–H and O–H groups in total. The van der Waals surface area contributed by atoms with Gasteiger partial charge in [0.05, 0.1) is 12.0 Å². The van der Waals surface area contributed by atoms with Crippen LogP contribution in [0.4, 0.5) is 0 Å². The van der Waals surface area contributed by atoms with Crippen LogP contribution in [0, 0.1) is 18.3 Å². The topological polar surface area (TPSA) is 67.8 Å². The van der Waals surface area contributed by atoms with Gasteiger partial charge in [-0.15, -0.1) is 12.3 Å². The molecule has 1 aliphatic rings. The monoisotopic (exact) mass is 241 g/mol. The van der Waals surface area contributed by atoms with Gasteiger partial charge in [-0.1, -0.05) is 0 Å². The predicted molar refractivity (Wildman–Crippen MR) is 61.4 cm³/mol. The first-order valence-corrected chi connectivity index (χ1v) is 5.83. The fraction of sp³-hybridized carbons (Fsp3) is 0.750. The Kier molecular flexibility index (Phi) is 5.98. The zero-order valence-corrected chi connectivity index (χ0v) is 10.0. The molecule has 1 rings (SSSR count). The molecule has 0 aromatic carbocycles. The summed E-state index contributed by atoms with van der Waals surface area (Å²) in [7, 11) is 0. The van der Waals surface area contributed by atoms with E-state index in [-0.39, 0.29) is 6.42 Å². The summed E-state index contributed by atoms with van der Waals surface area (Å²) in [4.78, 5) is 16.8. The normalized spacial score (nSPS) is 23.5. The molecule has 0 aliphatic carbocycles. The molecule has 0 radical (unpaired) electrons. The summed E-state index contributed by atoms with van der Waals surface area (Å²) in [6, 6.07) is 0. The van der Waals surface area contributed by atoms with Gasteiger partial charge in [-0.3, -0.25) is 4.79 Å². The highest BCUT2D eigenvalue weighted by Crippen LogP contribution is 2.13. The van der Waals surface area contributed by atoms with Crippen LogP contribution in [0.5, 0.6) is 0 Å². The van der Waals surface area contributed by atoms with E-state index >= 15 is 0 Å². The largest absolute Gasteiger partial charge is 0.393 e. The molecule has 0 aromatic rings. The molecule has 1 heterocycles. The lowest BCUT2D eigenvalue weighted by Gasteiger charge is -2.24. The molecular weight excluding hydrogens is 222 g/mol. The van der Waals surface area contributed by atoms with Crippen molar-refractivity contribution in [2.45, 2.75) is 45.0 Å². The molecule has 1 amide bonds. The second-order valence-corrected chi connectivity index (χ2v) is 4.14. The highest BCUT2D eigenvalue weighted by atomic mass is 16.8. The number of rotatable bonds is 5. The molecule has 0 bridgehead atoms. The lowest BCUT2D eigenvalue weighted by molar-refractivity contribution is -0.203. The standard InChI is InChI=1S/C12H19NO4/c1-3-6-10(9(2)14)12(15)13-17-11-7-4-5-8-16-11/h1,9-11,14H,4-8H2,2H3,(H,13,15)/t9-,10-,11?/m1/s1. The van der Waals surface area contributed by atoms with Gasteiger partial charge in [0.15, 0.2) is 6.29 Å². The maximum absolute atomic E-state index is 11.7. The maximum Gasteiger partial charge on any atom is 0.250 e. The first-order chi connectivity index (χ1) is 8.15. The van der Waals surface area contributed by atoms with E-state index in [0.29, 0.717) is 6.61 Å². The molecule has 5 heteroatoms. The van der Waals surface area contributed by atoms with Crippen LogP contribution in [0.1, 0.15) is 32.6 Å². The van der Waals surface area contributed by atoms with Gasteiger partial charge in [0.1, 0.15) is 0 Å². The number of amides is 1. The molecule has 1 saturated heterocycles. The van der Waals surface area contributed by atoms with E-state index in [0.717, 1.165) is 19.3 Å². The third-order valence-corrected chi connectivity index (χ3v) is 2.69. The van der Waals surface area contributed by atoms with Crippen molar-refractivity contribution in [2.24, 2.45) is 5.92 Å². The minimum Gasteiger partial charge on any atom is -0.393 e. The van der Waals surface area contributed by atoms with Crippen molar-refractivity contribution in [3.8, 4) is 12.3 Å². The number of hydrogen-bond donors (Lipinski definition) is 2. The third kappa shape index (κ3) is 4.73. The number of nitrogens with one attached hydrogen (secondary N) is 1. The van der Waals surface area contributed by atoms with E-state index in [1.165, 1.54) is 6.92 Å². The summed E-state index contributed by atoms with van der Waals surface area (Å²) in [5.41, 5.74) is 2.30. The van der Waals surface area contributed by atoms with Gasteiger partial charge < -0.3 is 9.84 Å². The Bertz CT molecular complexity index is 279. The molecular formula is C12H19NO4. The van der Waals surface area contributed by atoms with Gasteiger partial charge in [0, 0.05) is 19.4 Å². The van der Waals surface area contributed by atoms with Gasteiger partial charge in [0.25, 0.3) is 0 Å². The van der Waals surface area contributed by atoms with Crippen LogP contribution in [-0.2, 0) is 14.4 Å². The van der Waals surface area contributed by atoms with E-state index in [4.69, 9.17) is 16.0 Å². The molecule has 0 spiro atoms. The Hall–Kier alpha value is -1.09. The fourth-order valence-corrected chi connectivity index (χ4v) is 1.61. The van der Waals surface area contributed by atoms with Crippen LogP contribution in [0.3, 0.4) is 0 Å². The third-order valence-electron chi connectivity index (χ3n) is 2.69. The van der Waals surface area contributed by atoms with Crippen molar-refractivity contribution in [3.05, 3.63) is 0 Å². The summed E-state index contributed by atoms with van der Waals surface area (Å²) in [5, 5.41) is 9.41. The zero-order chi connectivity index (χ0) is 12.7. The summed E-state index contributed by atoms with van der Waals surface area (Å²) in [6.45, 7) is 2.17. The lowest BCUT2D eigenvalue weighted by atomic mass is 10.00. The van der Waals surface area contributed by atoms with E-state index in [9.17, 15) is 9.90 Å². The SMILES string of the molecule is C#CC[C@@H](C(=O)NOC1CCCCO1)[C@@H](C)O. The smallest absolute Gasteiger partial charge is 0.250 e. The number of carbonyl (C=O) groups is 1. The maximum atomic E-state index is 11.7. The molecule has 0 saturated carbocycles. The van der Waals surface area contributed by atoms with Gasteiger partial charge >= 0.3 is 0 Å². The van der Waals surface area contributed by atoms with Crippen molar-refractivity contribution in [1.82, 2.24) is 5.48 Å². The Balaban J connectivity index is 2.33. The van der Waals surface area contributed by atoms with Crippen molar-refractivity contribution >= 4 is 5.91 Å². The fourth-order valence-electron chi connectivity index (χ4n) is 1.61. The number of aliphatic hydroxyl groups excluding tert-OH is 1. The van der Waals surface area contributed by atoms with Gasteiger partial charge in [-0.05, 0) is 19.8 Å². The molecule has 1 unspecified atom stereocenters. The van der Waals surface area contributed by atoms with Gasteiger partial charge in [-0.25, -0.2) is 10.3 Å². The zero-order valence-electron chi connectivity index (χ0n) is 10.0. The highest BCUT2D eigenvalue weighted by Gasteiger charge is 2.24. The van der Waals surface area contributed by atoms with Crippen molar-refractivity contribution < 1.29 is 19.5 Å². The number of carbonyl (C=O) groups excluding carboxylic acids is 1. The number of hydroxylamine groups is 1. The number of hydrogen-bond acceptors (Lipinski definition) is 4. The van der Waals surface area contributed by atoms with Gasteiger partial charge in [0.2, 0.25) is 5.91 Å². The predicted octanol–water partition coefficient (Wildman–Crippen LogP) is 0.581. The Morgan fingerprint density at radius 1 is 1.71 bits per heavy atom. The second kappa shape index (κ2) is 7.28. The first-order valence-electron chi connectivity index (χ1n) is 5.83. The molecule has 5 nitrogen and oxygen atoms in total. The van der Waals surface area contributed by atoms with E-state index in [1.807, 2.05) is 0 Å². The quantitative estimate of drug-likeness (QED) is 0.546. The van der Waals surface area contributed by atoms with Crippen LogP contribution < -0.4 is 5.48 Å². The Labute approximate surface area is 101 Å². The summed E-state index contributed by atoms with van der Waals surface area (Å²) in [6.07, 6.45) is 6.91. The van der Waals surface area contributed by atoms with Gasteiger partial charge in [-0.2, -0.15) is 0 Å². The Morgan fingerprint density at radius 3 is 3.00 bits per heavy atom. The molecule has 96 valence electrons. The second-order valence-electron chi connectivity index (χ2n) is 4.14. The van der Waals surface area contributed by atoms with E-state index < -0.39 is 24.2 Å². The number of ether oxygens (including phenoxy) is 1. The summed E-state index contributed by atoms with van der Waals surface area (Å²) >= 11 is 0. The molecule has 0 aromatic heterocycles. The van der Waals surface area contributed by atoms with Crippen LogP contribution in [-0.4, -0.2) is 30.0 Å². The minimum atomic E-state index is -0.804. The summed E-state index contributed by atoms with van der Waals surface area (Å²) < 4.78 is 5.29. The highest BCUT2D eigenvalue weighted by molar-refractivity contribution is 5.78. The molecule has 1 aliphatic heterocycles. The van der Waals surface area contributed by atoms with Crippen LogP contribution >= 0.6 is 0 Å². The number of aliphatic hydroxyl groups is 1. The van der Waals surface area contributed by atoms with Crippen LogP contribution in [0.15, 0.2) is 0 Å². The van der Waals surface area contributed by atoms with E-state index in [2.05, 4.69) is 11.4 Å². The first kappa shape index (κ1) is 14.0. The number of terminal acetylenes is 1. The Morgan fingerprint density at radius 2 is 2.47 bits per heavy atom. The van der Waals surface area contributed by atoms with Crippen molar-refractivity contribution in [2.75, 3.05) is 6.61 Å². The average Bonchev–Trinajstić information content (AvgIpc) is 2.34. The average molecular weight is 241 g/mol. The molecule has 3 atom stereocenters.